The highest BCUT2D eigenvalue weighted by Crippen LogP contribution is 2.20. The maximum atomic E-state index is 14.0. The lowest BCUT2D eigenvalue weighted by Gasteiger charge is -2.36. The smallest absolute Gasteiger partial charge is 0.317 e. The molecule has 0 radical (unpaired) electrons. The number of amides is 5. The van der Waals surface area contributed by atoms with Crippen molar-refractivity contribution in [2.24, 2.45) is 23.3 Å². The maximum Gasteiger partial charge on any atom is 0.317 e. The van der Waals surface area contributed by atoms with Gasteiger partial charge in [-0.2, -0.15) is 0 Å². The molecule has 12 heteroatoms. The Morgan fingerprint density at radius 1 is 0.760 bits per heavy atom. The van der Waals surface area contributed by atoms with Gasteiger partial charge in [-0.25, -0.2) is 4.79 Å². The first-order valence-electron chi connectivity index (χ1n) is 18.0. The molecule has 7 N–H and O–H groups in total. The minimum Gasteiger partial charge on any atom is -0.345 e. The highest BCUT2D eigenvalue weighted by atomic mass is 16.2. The zero-order chi connectivity index (χ0) is 36.5. The monoisotopic (exact) mass is 691 g/mol. The molecule has 0 aromatic heterocycles. The van der Waals surface area contributed by atoms with E-state index in [4.69, 9.17) is 11.5 Å². The molecule has 1 fully saturated rings. The van der Waals surface area contributed by atoms with Crippen LogP contribution in [0.5, 0.6) is 0 Å². The number of benzene rings is 2. The zero-order valence-corrected chi connectivity index (χ0v) is 29.9. The number of hydrogen-bond donors (Lipinski definition) is 5. The van der Waals surface area contributed by atoms with Crippen LogP contribution in [0.25, 0.3) is 0 Å². The van der Waals surface area contributed by atoms with E-state index in [0.29, 0.717) is 71.4 Å². The van der Waals surface area contributed by atoms with Crippen molar-refractivity contribution in [3.05, 3.63) is 71.8 Å². The van der Waals surface area contributed by atoms with Gasteiger partial charge in [-0.15, -0.1) is 0 Å². The van der Waals surface area contributed by atoms with Gasteiger partial charge in [0, 0.05) is 45.1 Å². The number of carbonyl (C=O) groups is 5. The van der Waals surface area contributed by atoms with Crippen molar-refractivity contribution in [1.29, 1.82) is 0 Å². The van der Waals surface area contributed by atoms with Crippen molar-refractivity contribution in [2.75, 3.05) is 39.3 Å². The molecule has 1 aliphatic rings. The Kier molecular flexibility index (Phi) is 16.9. The fourth-order valence-electron chi connectivity index (χ4n) is 6.22. The quantitative estimate of drug-likeness (QED) is 0.140. The average Bonchev–Trinajstić information content (AvgIpc) is 3.11. The van der Waals surface area contributed by atoms with Gasteiger partial charge in [0.1, 0.15) is 6.04 Å². The number of urea groups is 1. The molecule has 3 rings (SSSR count). The van der Waals surface area contributed by atoms with Crippen LogP contribution in [0.4, 0.5) is 4.79 Å². The van der Waals surface area contributed by atoms with Crippen molar-refractivity contribution in [3.63, 3.8) is 0 Å². The van der Waals surface area contributed by atoms with Gasteiger partial charge >= 0.3 is 6.03 Å². The number of piperazine rings is 1. The van der Waals surface area contributed by atoms with E-state index < -0.39 is 30.0 Å². The molecule has 0 unspecified atom stereocenters. The van der Waals surface area contributed by atoms with Gasteiger partial charge in [0.25, 0.3) is 0 Å². The fourth-order valence-corrected chi connectivity index (χ4v) is 6.22. The second-order valence-corrected chi connectivity index (χ2v) is 13.5. The molecule has 0 aliphatic carbocycles. The Balaban J connectivity index is 1.75. The molecule has 1 heterocycles. The number of Topliss-reactive ketones (excluding diaryl/α,β-unsaturated/α-hetero) is 1. The van der Waals surface area contributed by atoms with Gasteiger partial charge in [-0.05, 0) is 69.0 Å². The van der Waals surface area contributed by atoms with Crippen LogP contribution in [0.1, 0.15) is 64.0 Å². The molecule has 50 heavy (non-hydrogen) atoms. The predicted octanol–water partition coefficient (Wildman–Crippen LogP) is 2.39. The van der Waals surface area contributed by atoms with Crippen LogP contribution in [0.15, 0.2) is 60.7 Å². The topological polar surface area (TPSA) is 180 Å². The summed E-state index contributed by atoms with van der Waals surface area (Å²) in [6.07, 6.45) is 2.64. The molecule has 274 valence electrons. The van der Waals surface area contributed by atoms with E-state index in [1.165, 1.54) is 0 Å². The summed E-state index contributed by atoms with van der Waals surface area (Å²) >= 11 is 0. The summed E-state index contributed by atoms with van der Waals surface area (Å²) in [5.41, 5.74) is 13.8. The summed E-state index contributed by atoms with van der Waals surface area (Å²) in [6, 6.07) is 16.2. The Labute approximate surface area is 297 Å². The molecule has 2 aromatic carbocycles. The SMILES string of the molecule is CCNC(=O)N1CCN(C(=O)[C@@H](CCCCN)NC(=O)[C@H](CC(=O)[C@@H](Cc2ccccc2)NC(=O)[C@H](N)Cc2ccccc2)CC(C)C)CC1. The molecule has 1 aliphatic heterocycles. The molecule has 5 amide bonds. The maximum absolute atomic E-state index is 14.0. The number of nitrogens with zero attached hydrogens (tertiary/aromatic N) is 2. The summed E-state index contributed by atoms with van der Waals surface area (Å²) in [6.45, 7) is 8.32. The van der Waals surface area contributed by atoms with Crippen molar-refractivity contribution >= 4 is 29.5 Å². The molecule has 1 saturated heterocycles. The van der Waals surface area contributed by atoms with Gasteiger partial charge in [0.05, 0.1) is 12.1 Å². The summed E-state index contributed by atoms with van der Waals surface area (Å²) in [5, 5.41) is 8.67. The van der Waals surface area contributed by atoms with Crippen molar-refractivity contribution in [3.8, 4) is 0 Å². The molecule has 4 atom stereocenters. The van der Waals surface area contributed by atoms with Crippen molar-refractivity contribution in [1.82, 2.24) is 25.8 Å². The number of carbonyl (C=O) groups excluding carboxylic acids is 5. The highest BCUT2D eigenvalue weighted by Gasteiger charge is 2.34. The van der Waals surface area contributed by atoms with E-state index in [9.17, 15) is 24.0 Å². The molecular formula is C38H57N7O5. The highest BCUT2D eigenvalue weighted by molar-refractivity contribution is 5.95. The van der Waals surface area contributed by atoms with E-state index in [-0.39, 0.29) is 42.4 Å². The second kappa shape index (κ2) is 21.0. The molecular weight excluding hydrogens is 634 g/mol. The van der Waals surface area contributed by atoms with Crippen LogP contribution in [0.3, 0.4) is 0 Å². The predicted molar refractivity (Wildman–Crippen MR) is 195 cm³/mol. The first kappa shape index (κ1) is 40.1. The van der Waals surface area contributed by atoms with E-state index in [0.717, 1.165) is 11.1 Å². The van der Waals surface area contributed by atoms with Gasteiger partial charge < -0.3 is 37.2 Å². The number of nitrogens with two attached hydrogens (primary N) is 2. The van der Waals surface area contributed by atoms with Crippen LogP contribution in [-0.4, -0.2) is 96.7 Å². The Morgan fingerprint density at radius 2 is 1.32 bits per heavy atom. The van der Waals surface area contributed by atoms with Crippen LogP contribution in [-0.2, 0) is 32.0 Å². The summed E-state index contributed by atoms with van der Waals surface area (Å²) in [4.78, 5) is 70.7. The third-order valence-electron chi connectivity index (χ3n) is 8.97. The average molecular weight is 692 g/mol. The first-order valence-corrected chi connectivity index (χ1v) is 18.0. The lowest BCUT2D eigenvalue weighted by molar-refractivity contribution is -0.139. The Hall–Kier alpha value is -4.29. The van der Waals surface area contributed by atoms with Crippen LogP contribution in [0, 0.1) is 11.8 Å². The van der Waals surface area contributed by atoms with Crippen LogP contribution < -0.4 is 27.4 Å². The largest absolute Gasteiger partial charge is 0.345 e. The lowest BCUT2D eigenvalue weighted by atomic mass is 9.88. The normalized spacial score (nSPS) is 15.5. The van der Waals surface area contributed by atoms with Crippen LogP contribution >= 0.6 is 0 Å². The third kappa shape index (κ3) is 13.2. The van der Waals surface area contributed by atoms with E-state index in [1.54, 1.807) is 9.80 Å². The number of unbranched alkanes of at least 4 members (excludes halogenated alkanes) is 1. The van der Waals surface area contributed by atoms with Crippen molar-refractivity contribution in [2.45, 2.75) is 83.8 Å². The van der Waals surface area contributed by atoms with E-state index in [1.807, 2.05) is 81.4 Å². The minimum atomic E-state index is -0.891. The number of rotatable bonds is 19. The lowest BCUT2D eigenvalue weighted by Crippen LogP contribution is -2.57. The standard InChI is InChI=1S/C38H57N7O5/c1-4-41-38(50)45-21-19-44(20-22-45)37(49)32(17-11-12-18-39)42-35(47)30(23-27(2)3)26-34(46)33(25-29-15-9-6-10-16-29)43-36(48)31(40)24-28-13-7-5-8-14-28/h5-10,13-16,27,30-33H,4,11-12,17-26,39-40H2,1-3H3,(H,41,50)(H,42,47)(H,43,48)/t30-,31+,32+,33+/m0/s1. The number of hydrogen-bond acceptors (Lipinski definition) is 7. The number of ketones is 1. The van der Waals surface area contributed by atoms with Gasteiger partial charge in [0.2, 0.25) is 17.7 Å². The summed E-state index contributed by atoms with van der Waals surface area (Å²) in [5.74, 6) is -1.91. The third-order valence-corrected chi connectivity index (χ3v) is 8.97. The van der Waals surface area contributed by atoms with Gasteiger partial charge in [-0.3, -0.25) is 19.2 Å². The molecule has 0 saturated carbocycles. The van der Waals surface area contributed by atoms with Crippen molar-refractivity contribution < 1.29 is 24.0 Å². The zero-order valence-electron chi connectivity index (χ0n) is 29.9. The molecule has 0 spiro atoms. The van der Waals surface area contributed by atoms with E-state index >= 15 is 0 Å². The summed E-state index contributed by atoms with van der Waals surface area (Å²) in [7, 11) is 0. The second-order valence-electron chi connectivity index (χ2n) is 13.5. The minimum absolute atomic E-state index is 0.0914. The molecule has 0 bridgehead atoms. The van der Waals surface area contributed by atoms with E-state index in [2.05, 4.69) is 16.0 Å². The van der Waals surface area contributed by atoms with Gasteiger partial charge in [0.15, 0.2) is 5.78 Å². The Morgan fingerprint density at radius 3 is 1.88 bits per heavy atom. The fraction of sp³-hybridized carbons (Fsp3) is 0.553. The molecule has 12 nitrogen and oxygen atoms in total. The number of nitrogens with one attached hydrogen (secondary N) is 3. The Bertz CT molecular complexity index is 1370. The van der Waals surface area contributed by atoms with Gasteiger partial charge in [-0.1, -0.05) is 74.5 Å². The summed E-state index contributed by atoms with van der Waals surface area (Å²) < 4.78 is 0. The first-order chi connectivity index (χ1) is 24.0. The van der Waals surface area contributed by atoms with Crippen LogP contribution in [0.2, 0.25) is 0 Å². The molecule has 2 aromatic rings.